The van der Waals surface area contributed by atoms with Crippen molar-refractivity contribution >= 4 is 5.91 Å². The first-order chi connectivity index (χ1) is 11.2. The summed E-state index contributed by atoms with van der Waals surface area (Å²) >= 11 is 0. The molecule has 2 aromatic rings. The van der Waals surface area contributed by atoms with Gasteiger partial charge in [-0.2, -0.15) is 5.10 Å². The van der Waals surface area contributed by atoms with Crippen molar-refractivity contribution in [1.82, 2.24) is 15.1 Å². The highest BCUT2D eigenvalue weighted by atomic mass is 19.1. The topological polar surface area (TPSA) is 58.2 Å². The molecule has 0 spiro atoms. The van der Waals surface area contributed by atoms with Gasteiger partial charge in [0.05, 0.1) is 12.7 Å². The van der Waals surface area contributed by atoms with E-state index in [-0.39, 0.29) is 24.4 Å². The van der Waals surface area contributed by atoms with Crippen molar-refractivity contribution < 1.29 is 13.9 Å². The summed E-state index contributed by atoms with van der Waals surface area (Å²) in [6, 6.07) is 8.42. The molecule has 0 atom stereocenters. The third-order valence-corrected chi connectivity index (χ3v) is 4.40. The van der Waals surface area contributed by atoms with Crippen LogP contribution in [-0.4, -0.2) is 40.2 Å². The number of nitrogens with zero attached hydrogens (tertiary/aromatic N) is 2. The molecule has 1 saturated carbocycles. The molecule has 6 heteroatoms. The number of aromatic nitrogens is 2. The molecular formula is C17H18FN3O2. The van der Waals surface area contributed by atoms with Crippen molar-refractivity contribution in [3.63, 3.8) is 0 Å². The summed E-state index contributed by atoms with van der Waals surface area (Å²) in [4.78, 5) is 14.0. The van der Waals surface area contributed by atoms with Gasteiger partial charge in [-0.3, -0.25) is 9.89 Å². The van der Waals surface area contributed by atoms with Crippen molar-refractivity contribution in [2.24, 2.45) is 0 Å². The van der Waals surface area contributed by atoms with Gasteiger partial charge in [0.1, 0.15) is 11.5 Å². The molecular weight excluding hydrogens is 297 g/mol. The van der Waals surface area contributed by atoms with Crippen LogP contribution in [0.1, 0.15) is 40.5 Å². The Morgan fingerprint density at radius 3 is 2.87 bits per heavy atom. The Morgan fingerprint density at radius 2 is 2.13 bits per heavy atom. The highest BCUT2D eigenvalue weighted by Gasteiger charge is 2.34. The number of carbonyl (C=O) groups excluding carboxylic acids is 1. The Kier molecular flexibility index (Phi) is 3.61. The summed E-state index contributed by atoms with van der Waals surface area (Å²) in [5.74, 6) is 0.222. The molecule has 1 aliphatic heterocycles. The summed E-state index contributed by atoms with van der Waals surface area (Å²) < 4.78 is 19.2. The Bertz CT molecular complexity index is 720. The van der Waals surface area contributed by atoms with Crippen LogP contribution >= 0.6 is 0 Å². The van der Waals surface area contributed by atoms with Crippen molar-refractivity contribution in [3.05, 3.63) is 53.1 Å². The van der Waals surface area contributed by atoms with E-state index in [2.05, 4.69) is 10.2 Å². The molecule has 2 aliphatic rings. The van der Waals surface area contributed by atoms with Crippen LogP contribution in [0.5, 0.6) is 0 Å². The zero-order chi connectivity index (χ0) is 15.8. The summed E-state index contributed by atoms with van der Waals surface area (Å²) in [5.41, 5.74) is 2.07. The molecule has 0 unspecified atom stereocenters. The van der Waals surface area contributed by atoms with E-state index in [9.17, 15) is 9.18 Å². The van der Waals surface area contributed by atoms with E-state index in [4.69, 9.17) is 4.74 Å². The summed E-state index contributed by atoms with van der Waals surface area (Å²) in [6.45, 7) is 1.28. The third kappa shape index (κ3) is 2.99. The number of halogens is 1. The highest BCUT2D eigenvalue weighted by molar-refractivity contribution is 5.93. The number of H-pyrrole nitrogens is 1. The number of ether oxygens (including phenoxy) is 1. The molecule has 5 nitrogen and oxygen atoms in total. The van der Waals surface area contributed by atoms with Crippen molar-refractivity contribution in [1.29, 1.82) is 0 Å². The number of hydrogen-bond acceptors (Lipinski definition) is 3. The average Bonchev–Trinajstić information content (AvgIpc) is 3.24. The van der Waals surface area contributed by atoms with Crippen LogP contribution in [0.3, 0.4) is 0 Å². The molecule has 0 bridgehead atoms. The smallest absolute Gasteiger partial charge is 0.274 e. The van der Waals surface area contributed by atoms with Crippen LogP contribution in [0.2, 0.25) is 0 Å². The number of benzene rings is 1. The van der Waals surface area contributed by atoms with Crippen LogP contribution in [0.15, 0.2) is 30.3 Å². The summed E-state index contributed by atoms with van der Waals surface area (Å²) in [6.07, 6.45) is 2.30. The molecule has 1 aromatic heterocycles. The highest BCUT2D eigenvalue weighted by Crippen LogP contribution is 2.39. The summed E-state index contributed by atoms with van der Waals surface area (Å²) in [5, 5.41) is 7.05. The van der Waals surface area contributed by atoms with Crippen LogP contribution in [-0.2, 0) is 11.3 Å². The Hall–Kier alpha value is -2.21. The van der Waals surface area contributed by atoms with Gasteiger partial charge in [0, 0.05) is 30.3 Å². The molecule has 0 radical (unpaired) electrons. The molecule has 4 rings (SSSR count). The Balaban J connectivity index is 1.27. The van der Waals surface area contributed by atoms with Crippen LogP contribution < -0.4 is 0 Å². The maximum atomic E-state index is 13.5. The maximum absolute atomic E-state index is 13.5. The standard InChI is InChI=1S/C17H18FN3O2/c18-14-4-2-1-3-12(14)10-23-13-8-21(9-13)17(22)16-7-15(19-20-16)11-5-6-11/h1-4,7,11,13H,5-6,8-10H2,(H,19,20). The molecule has 1 N–H and O–H groups in total. The number of carbonyl (C=O) groups is 1. The van der Waals surface area contributed by atoms with E-state index in [0.717, 1.165) is 5.69 Å². The molecule has 1 saturated heterocycles. The van der Waals surface area contributed by atoms with Gasteiger partial charge in [-0.15, -0.1) is 0 Å². The molecule has 1 aliphatic carbocycles. The largest absolute Gasteiger partial charge is 0.370 e. The van der Waals surface area contributed by atoms with Gasteiger partial charge in [-0.1, -0.05) is 18.2 Å². The van der Waals surface area contributed by atoms with Gasteiger partial charge >= 0.3 is 0 Å². The fraction of sp³-hybridized carbons (Fsp3) is 0.412. The second kappa shape index (κ2) is 5.77. The van der Waals surface area contributed by atoms with E-state index in [0.29, 0.717) is 30.3 Å². The maximum Gasteiger partial charge on any atom is 0.274 e. The van der Waals surface area contributed by atoms with Crippen molar-refractivity contribution in [3.8, 4) is 0 Å². The van der Waals surface area contributed by atoms with E-state index in [1.165, 1.54) is 18.9 Å². The van der Waals surface area contributed by atoms with Gasteiger partial charge in [-0.05, 0) is 25.0 Å². The lowest BCUT2D eigenvalue weighted by Crippen LogP contribution is -2.54. The lowest BCUT2D eigenvalue weighted by atomic mass is 10.1. The first-order valence-corrected chi connectivity index (χ1v) is 7.90. The van der Waals surface area contributed by atoms with E-state index in [1.54, 1.807) is 23.1 Å². The number of rotatable bonds is 5. The Labute approximate surface area is 133 Å². The van der Waals surface area contributed by atoms with Crippen LogP contribution in [0.25, 0.3) is 0 Å². The lowest BCUT2D eigenvalue weighted by Gasteiger charge is -2.38. The van der Waals surface area contributed by atoms with Gasteiger partial charge in [0.15, 0.2) is 0 Å². The van der Waals surface area contributed by atoms with Crippen LogP contribution in [0.4, 0.5) is 4.39 Å². The first kappa shape index (κ1) is 14.4. The number of hydrogen-bond donors (Lipinski definition) is 1. The zero-order valence-electron chi connectivity index (χ0n) is 12.7. The predicted molar refractivity (Wildman–Crippen MR) is 81.4 cm³/mol. The second-order valence-electron chi connectivity index (χ2n) is 6.22. The van der Waals surface area contributed by atoms with E-state index >= 15 is 0 Å². The summed E-state index contributed by atoms with van der Waals surface area (Å²) in [7, 11) is 0. The molecule has 1 amide bonds. The van der Waals surface area contributed by atoms with Gasteiger partial charge in [0.25, 0.3) is 5.91 Å². The minimum absolute atomic E-state index is 0.0413. The fourth-order valence-corrected chi connectivity index (χ4v) is 2.74. The van der Waals surface area contributed by atoms with E-state index in [1.807, 2.05) is 6.07 Å². The zero-order valence-corrected chi connectivity index (χ0v) is 12.7. The molecule has 2 fully saturated rings. The minimum Gasteiger partial charge on any atom is -0.370 e. The number of likely N-dealkylation sites (tertiary alicyclic amines) is 1. The third-order valence-electron chi connectivity index (χ3n) is 4.40. The molecule has 120 valence electrons. The Morgan fingerprint density at radius 1 is 1.35 bits per heavy atom. The number of nitrogens with one attached hydrogen (secondary N) is 1. The number of amides is 1. The monoisotopic (exact) mass is 315 g/mol. The van der Waals surface area contributed by atoms with Crippen molar-refractivity contribution in [2.75, 3.05) is 13.1 Å². The molecule has 1 aromatic carbocycles. The van der Waals surface area contributed by atoms with Gasteiger partial charge in [0.2, 0.25) is 0 Å². The van der Waals surface area contributed by atoms with Gasteiger partial charge < -0.3 is 9.64 Å². The molecule has 23 heavy (non-hydrogen) atoms. The van der Waals surface area contributed by atoms with E-state index < -0.39 is 0 Å². The first-order valence-electron chi connectivity index (χ1n) is 7.90. The normalized spacial score (nSPS) is 18.0. The molecule has 2 heterocycles. The quantitative estimate of drug-likeness (QED) is 0.922. The average molecular weight is 315 g/mol. The van der Waals surface area contributed by atoms with Crippen molar-refractivity contribution in [2.45, 2.75) is 31.5 Å². The van der Waals surface area contributed by atoms with Gasteiger partial charge in [-0.25, -0.2) is 4.39 Å². The second-order valence-corrected chi connectivity index (χ2v) is 6.22. The fourth-order valence-electron chi connectivity index (χ4n) is 2.74. The number of aromatic amines is 1. The lowest BCUT2D eigenvalue weighted by molar-refractivity contribution is -0.0511. The minimum atomic E-state index is -0.260. The SMILES string of the molecule is O=C(c1cc(C2CC2)[nH]n1)N1CC(OCc2ccccc2F)C1. The van der Waals surface area contributed by atoms with Crippen LogP contribution in [0, 0.1) is 5.82 Å². The predicted octanol–water partition coefficient (Wildman–Crippen LogP) is 2.47.